The van der Waals surface area contributed by atoms with Crippen LogP contribution in [0.25, 0.3) is 0 Å². The summed E-state index contributed by atoms with van der Waals surface area (Å²) in [6.45, 7) is 3.14. The summed E-state index contributed by atoms with van der Waals surface area (Å²) in [5.41, 5.74) is 0. The van der Waals surface area contributed by atoms with Crippen molar-refractivity contribution >= 4 is 17.5 Å². The Labute approximate surface area is 114 Å². The van der Waals surface area contributed by atoms with E-state index in [0.29, 0.717) is 19.0 Å². The van der Waals surface area contributed by atoms with Gasteiger partial charge in [-0.25, -0.2) is 0 Å². The molecule has 0 aliphatic heterocycles. The van der Waals surface area contributed by atoms with Crippen LogP contribution in [-0.4, -0.2) is 36.9 Å². The van der Waals surface area contributed by atoms with E-state index in [4.69, 9.17) is 16.3 Å². The van der Waals surface area contributed by atoms with Crippen molar-refractivity contribution in [1.82, 2.24) is 4.90 Å². The monoisotopic (exact) mass is 269 g/mol. The predicted octanol–water partition coefficient (Wildman–Crippen LogP) is 2.79. The summed E-state index contributed by atoms with van der Waals surface area (Å²) in [5.74, 6) is 1.20. The van der Waals surface area contributed by atoms with Crippen LogP contribution in [0.2, 0.25) is 0 Å². The maximum absolute atomic E-state index is 11.7. The summed E-state index contributed by atoms with van der Waals surface area (Å²) in [6.07, 6.45) is 0.812. The van der Waals surface area contributed by atoms with Gasteiger partial charge in [-0.05, 0) is 18.6 Å². The fraction of sp³-hybridized carbons (Fsp3) is 0.500. The first kappa shape index (κ1) is 14.8. The highest BCUT2D eigenvalue weighted by Crippen LogP contribution is 2.09. The van der Waals surface area contributed by atoms with Crippen LogP contribution in [0, 0.1) is 5.92 Å². The Morgan fingerprint density at radius 1 is 1.39 bits per heavy atom. The highest BCUT2D eigenvalue weighted by Gasteiger charge is 2.15. The van der Waals surface area contributed by atoms with Gasteiger partial charge in [-0.3, -0.25) is 4.79 Å². The lowest BCUT2D eigenvalue weighted by Crippen LogP contribution is -2.33. The van der Waals surface area contributed by atoms with Crippen molar-refractivity contribution in [2.24, 2.45) is 5.92 Å². The molecule has 3 nitrogen and oxygen atoms in total. The summed E-state index contributed by atoms with van der Waals surface area (Å²) in [6, 6.07) is 9.67. The fourth-order valence-electron chi connectivity index (χ4n) is 1.56. The van der Waals surface area contributed by atoms with Gasteiger partial charge in [-0.1, -0.05) is 25.1 Å². The molecule has 1 unspecified atom stereocenters. The summed E-state index contributed by atoms with van der Waals surface area (Å²) in [7, 11) is 1.80. The molecule has 0 aliphatic carbocycles. The van der Waals surface area contributed by atoms with Crippen LogP contribution in [0.15, 0.2) is 30.3 Å². The molecule has 0 N–H and O–H groups in total. The minimum Gasteiger partial charge on any atom is -0.494 e. The van der Waals surface area contributed by atoms with E-state index in [9.17, 15) is 4.79 Å². The number of hydrogen-bond donors (Lipinski definition) is 0. The first-order chi connectivity index (χ1) is 8.65. The van der Waals surface area contributed by atoms with Crippen LogP contribution in [0.3, 0.4) is 0 Å². The molecule has 0 radical (unpaired) electrons. The van der Waals surface area contributed by atoms with Crippen LogP contribution in [0.5, 0.6) is 5.75 Å². The van der Waals surface area contributed by atoms with Crippen LogP contribution in [0.4, 0.5) is 0 Å². The van der Waals surface area contributed by atoms with Crippen LogP contribution >= 0.6 is 11.6 Å². The van der Waals surface area contributed by atoms with Crippen molar-refractivity contribution < 1.29 is 9.53 Å². The van der Waals surface area contributed by atoms with Crippen molar-refractivity contribution in [3.05, 3.63) is 30.3 Å². The second kappa shape index (κ2) is 7.98. The predicted molar refractivity (Wildman–Crippen MR) is 74.1 cm³/mol. The first-order valence-corrected chi connectivity index (χ1v) is 6.67. The number of rotatable bonds is 7. The lowest BCUT2D eigenvalue weighted by atomic mass is 10.2. The van der Waals surface area contributed by atoms with Crippen molar-refractivity contribution in [3.63, 3.8) is 0 Å². The molecule has 1 aromatic rings. The average Bonchev–Trinajstić information content (AvgIpc) is 2.42. The molecule has 0 aliphatic rings. The molecule has 0 fully saturated rings. The summed E-state index contributed by atoms with van der Waals surface area (Å²) < 4.78 is 5.56. The first-order valence-electron chi connectivity index (χ1n) is 6.14. The number of halogens is 1. The molecule has 0 saturated heterocycles. The van der Waals surface area contributed by atoms with Crippen molar-refractivity contribution in [3.8, 4) is 5.75 Å². The highest BCUT2D eigenvalue weighted by atomic mass is 35.5. The smallest absolute Gasteiger partial charge is 0.226 e. The van der Waals surface area contributed by atoms with Gasteiger partial charge in [0.05, 0.1) is 6.61 Å². The van der Waals surface area contributed by atoms with Crippen LogP contribution in [0.1, 0.15) is 13.3 Å². The van der Waals surface area contributed by atoms with Gasteiger partial charge in [0.2, 0.25) is 5.91 Å². The van der Waals surface area contributed by atoms with Gasteiger partial charge in [0.15, 0.2) is 0 Å². The third-order valence-corrected chi connectivity index (χ3v) is 3.14. The van der Waals surface area contributed by atoms with E-state index in [1.807, 2.05) is 37.3 Å². The lowest BCUT2D eigenvalue weighted by molar-refractivity contribution is -0.133. The Kier molecular flexibility index (Phi) is 6.58. The molecular formula is C14H20ClNO2. The van der Waals surface area contributed by atoms with Gasteiger partial charge < -0.3 is 9.64 Å². The molecule has 0 bridgehead atoms. The quantitative estimate of drug-likeness (QED) is 0.563. The van der Waals surface area contributed by atoms with Crippen molar-refractivity contribution in [2.75, 3.05) is 26.1 Å². The maximum Gasteiger partial charge on any atom is 0.226 e. The lowest BCUT2D eigenvalue weighted by Gasteiger charge is -2.20. The molecule has 1 rings (SSSR count). The number of para-hydroxylation sites is 1. The molecule has 0 heterocycles. The summed E-state index contributed by atoms with van der Waals surface area (Å²) in [4.78, 5) is 13.4. The maximum atomic E-state index is 11.7. The average molecular weight is 270 g/mol. The van der Waals surface area contributed by atoms with Gasteiger partial charge in [-0.2, -0.15) is 0 Å². The number of hydrogen-bond acceptors (Lipinski definition) is 2. The Morgan fingerprint density at radius 2 is 2.06 bits per heavy atom. The zero-order valence-corrected chi connectivity index (χ0v) is 11.7. The normalized spacial score (nSPS) is 11.9. The third-order valence-electron chi connectivity index (χ3n) is 2.68. The third kappa shape index (κ3) is 4.96. The van der Waals surface area contributed by atoms with Crippen molar-refractivity contribution in [1.29, 1.82) is 0 Å². The van der Waals surface area contributed by atoms with Crippen LogP contribution < -0.4 is 4.74 Å². The molecule has 0 saturated carbocycles. The van der Waals surface area contributed by atoms with E-state index in [2.05, 4.69) is 0 Å². The minimum atomic E-state index is -0.119. The number of ether oxygens (including phenoxy) is 1. The SMILES string of the molecule is CC(CCl)C(=O)N(C)CCCOc1ccccc1. The zero-order chi connectivity index (χ0) is 13.4. The number of alkyl halides is 1. The largest absolute Gasteiger partial charge is 0.494 e. The molecule has 1 atom stereocenters. The second-order valence-corrected chi connectivity index (χ2v) is 4.64. The van der Waals surface area contributed by atoms with Gasteiger partial charge >= 0.3 is 0 Å². The molecule has 0 spiro atoms. The van der Waals surface area contributed by atoms with E-state index in [1.165, 1.54) is 0 Å². The molecule has 100 valence electrons. The number of nitrogens with zero attached hydrogens (tertiary/aromatic N) is 1. The van der Waals surface area contributed by atoms with Gasteiger partial charge in [0.1, 0.15) is 5.75 Å². The molecule has 18 heavy (non-hydrogen) atoms. The Morgan fingerprint density at radius 3 is 2.67 bits per heavy atom. The molecule has 1 aromatic carbocycles. The Hall–Kier alpha value is -1.22. The summed E-state index contributed by atoms with van der Waals surface area (Å²) >= 11 is 5.66. The Bertz CT molecular complexity index is 356. The zero-order valence-electron chi connectivity index (χ0n) is 10.9. The van der Waals surface area contributed by atoms with E-state index in [0.717, 1.165) is 12.2 Å². The van der Waals surface area contributed by atoms with Crippen LogP contribution in [-0.2, 0) is 4.79 Å². The van der Waals surface area contributed by atoms with Gasteiger partial charge in [-0.15, -0.1) is 11.6 Å². The molecule has 1 amide bonds. The standard InChI is InChI=1S/C14H20ClNO2/c1-12(11-15)14(17)16(2)9-6-10-18-13-7-4-3-5-8-13/h3-5,7-8,12H,6,9-11H2,1-2H3. The minimum absolute atomic E-state index is 0.0877. The second-order valence-electron chi connectivity index (χ2n) is 4.33. The van der Waals surface area contributed by atoms with Gasteiger partial charge in [0.25, 0.3) is 0 Å². The molecule has 0 aromatic heterocycles. The highest BCUT2D eigenvalue weighted by molar-refractivity contribution is 6.19. The number of carbonyl (C=O) groups is 1. The van der Waals surface area contributed by atoms with E-state index < -0.39 is 0 Å². The van der Waals surface area contributed by atoms with E-state index >= 15 is 0 Å². The summed E-state index contributed by atoms with van der Waals surface area (Å²) in [5, 5.41) is 0. The molecular weight excluding hydrogens is 250 g/mol. The van der Waals surface area contributed by atoms with Gasteiger partial charge in [0, 0.05) is 25.4 Å². The Balaban J connectivity index is 2.20. The number of amides is 1. The van der Waals surface area contributed by atoms with E-state index in [-0.39, 0.29) is 11.8 Å². The van der Waals surface area contributed by atoms with E-state index in [1.54, 1.807) is 11.9 Å². The molecule has 4 heteroatoms. The topological polar surface area (TPSA) is 29.5 Å². The van der Waals surface area contributed by atoms with Crippen molar-refractivity contribution in [2.45, 2.75) is 13.3 Å². The number of benzene rings is 1. The fourth-order valence-corrected chi connectivity index (χ4v) is 1.69. The number of carbonyl (C=O) groups excluding carboxylic acids is 1.